The predicted molar refractivity (Wildman–Crippen MR) is 101 cm³/mol. The van der Waals surface area contributed by atoms with E-state index >= 15 is 0 Å². The third-order valence-corrected chi connectivity index (χ3v) is 4.35. The SMILES string of the molecule is C=CCOc1cccc(/C=C2/SC(=O)N(CC(=O)OCCCC)C2=O)c1. The smallest absolute Gasteiger partial charge is 0.326 e. The van der Waals surface area contributed by atoms with Crippen molar-refractivity contribution in [1.82, 2.24) is 4.90 Å². The van der Waals surface area contributed by atoms with Crippen molar-refractivity contribution in [2.24, 2.45) is 0 Å². The quantitative estimate of drug-likeness (QED) is 0.284. The maximum absolute atomic E-state index is 12.4. The number of unbranched alkanes of at least 4 members (excludes halogenated alkanes) is 1. The normalized spacial score (nSPS) is 15.4. The lowest BCUT2D eigenvalue weighted by atomic mass is 10.2. The third-order valence-electron chi connectivity index (χ3n) is 3.45. The van der Waals surface area contributed by atoms with E-state index in [0.29, 0.717) is 19.0 Å². The summed E-state index contributed by atoms with van der Waals surface area (Å²) in [7, 11) is 0. The summed E-state index contributed by atoms with van der Waals surface area (Å²) in [4.78, 5) is 37.4. The molecule has 1 aromatic rings. The molecule has 0 unspecified atom stereocenters. The van der Waals surface area contributed by atoms with E-state index < -0.39 is 17.1 Å². The number of esters is 1. The zero-order valence-electron chi connectivity index (χ0n) is 14.6. The van der Waals surface area contributed by atoms with Crippen LogP contribution in [0.1, 0.15) is 25.3 Å². The fourth-order valence-corrected chi connectivity index (χ4v) is 2.98. The lowest BCUT2D eigenvalue weighted by molar-refractivity contribution is -0.146. The minimum atomic E-state index is -0.582. The van der Waals surface area contributed by atoms with E-state index in [-0.39, 0.29) is 11.4 Å². The van der Waals surface area contributed by atoms with Crippen molar-refractivity contribution in [2.45, 2.75) is 19.8 Å². The molecule has 0 N–H and O–H groups in total. The van der Waals surface area contributed by atoms with Crippen molar-refractivity contribution < 1.29 is 23.9 Å². The molecule has 0 spiro atoms. The first kappa shape index (κ1) is 19.8. The molecule has 6 nitrogen and oxygen atoms in total. The van der Waals surface area contributed by atoms with E-state index in [4.69, 9.17) is 9.47 Å². The molecule has 0 radical (unpaired) electrons. The highest BCUT2D eigenvalue weighted by atomic mass is 32.2. The van der Waals surface area contributed by atoms with Crippen molar-refractivity contribution in [3.63, 3.8) is 0 Å². The average molecular weight is 375 g/mol. The van der Waals surface area contributed by atoms with Gasteiger partial charge in [-0.1, -0.05) is 38.1 Å². The second kappa shape index (κ2) is 9.82. The highest BCUT2D eigenvalue weighted by molar-refractivity contribution is 8.18. The second-order valence-electron chi connectivity index (χ2n) is 5.51. The number of benzene rings is 1. The number of carbonyl (C=O) groups excluding carboxylic acids is 3. The summed E-state index contributed by atoms with van der Waals surface area (Å²) in [6, 6.07) is 7.14. The van der Waals surface area contributed by atoms with Gasteiger partial charge in [0.05, 0.1) is 11.5 Å². The van der Waals surface area contributed by atoms with Gasteiger partial charge in [-0.2, -0.15) is 0 Å². The van der Waals surface area contributed by atoms with Gasteiger partial charge in [0.1, 0.15) is 18.9 Å². The van der Waals surface area contributed by atoms with Gasteiger partial charge in [0.15, 0.2) is 0 Å². The molecule has 26 heavy (non-hydrogen) atoms. The van der Waals surface area contributed by atoms with Crippen LogP contribution in [0.5, 0.6) is 5.75 Å². The van der Waals surface area contributed by atoms with Gasteiger partial charge in [0.25, 0.3) is 11.1 Å². The number of imide groups is 1. The molecule has 1 fully saturated rings. The summed E-state index contributed by atoms with van der Waals surface area (Å²) in [5, 5.41) is -0.479. The number of amides is 2. The Morgan fingerprint density at radius 2 is 2.15 bits per heavy atom. The van der Waals surface area contributed by atoms with E-state index in [1.54, 1.807) is 36.4 Å². The molecule has 0 bridgehead atoms. The maximum atomic E-state index is 12.4. The Morgan fingerprint density at radius 3 is 2.88 bits per heavy atom. The first-order valence-corrected chi connectivity index (χ1v) is 9.11. The Morgan fingerprint density at radius 1 is 1.35 bits per heavy atom. The van der Waals surface area contributed by atoms with Crippen molar-refractivity contribution >= 4 is 35.0 Å². The van der Waals surface area contributed by atoms with Crippen molar-refractivity contribution in [1.29, 1.82) is 0 Å². The van der Waals surface area contributed by atoms with E-state index in [2.05, 4.69) is 6.58 Å². The fourth-order valence-electron chi connectivity index (χ4n) is 2.14. The molecule has 0 aliphatic carbocycles. The standard InChI is InChI=1S/C19H21NO5S/c1-3-5-10-25-17(21)13-20-18(22)16(26-19(20)23)12-14-7-6-8-15(11-14)24-9-4-2/h4,6-8,11-12H,2-3,5,9-10,13H2,1H3/b16-12+. The molecule has 0 atom stereocenters. The first-order chi connectivity index (χ1) is 12.5. The summed E-state index contributed by atoms with van der Waals surface area (Å²) >= 11 is 0.804. The summed E-state index contributed by atoms with van der Waals surface area (Å²) in [6.07, 6.45) is 4.89. The molecular formula is C19H21NO5S. The Hall–Kier alpha value is -2.54. The van der Waals surface area contributed by atoms with Gasteiger partial charge in [-0.3, -0.25) is 19.3 Å². The van der Waals surface area contributed by atoms with E-state index in [1.807, 2.05) is 6.92 Å². The zero-order valence-corrected chi connectivity index (χ0v) is 15.4. The molecule has 2 amide bonds. The Bertz CT molecular complexity index is 728. The molecule has 1 heterocycles. The van der Waals surface area contributed by atoms with Crippen LogP contribution in [0.25, 0.3) is 6.08 Å². The van der Waals surface area contributed by atoms with Crippen molar-refractivity contribution in [3.8, 4) is 5.75 Å². The topological polar surface area (TPSA) is 72.9 Å². The van der Waals surface area contributed by atoms with Crippen LogP contribution in [0.15, 0.2) is 41.8 Å². The Kier molecular flexibility index (Phi) is 7.47. The minimum Gasteiger partial charge on any atom is -0.490 e. The molecule has 1 aromatic carbocycles. The van der Waals surface area contributed by atoms with Gasteiger partial charge < -0.3 is 9.47 Å². The summed E-state index contributed by atoms with van der Waals surface area (Å²) in [5.74, 6) is -0.441. The summed E-state index contributed by atoms with van der Waals surface area (Å²) < 4.78 is 10.5. The summed E-state index contributed by atoms with van der Waals surface area (Å²) in [5.41, 5.74) is 0.725. The molecule has 7 heteroatoms. The molecule has 1 aliphatic rings. The van der Waals surface area contributed by atoms with Crippen LogP contribution in [-0.4, -0.2) is 41.8 Å². The minimum absolute atomic E-state index is 0.261. The average Bonchev–Trinajstić information content (AvgIpc) is 2.88. The van der Waals surface area contributed by atoms with Crippen LogP contribution in [0.2, 0.25) is 0 Å². The monoisotopic (exact) mass is 375 g/mol. The Labute approximate surface area is 156 Å². The van der Waals surface area contributed by atoms with Crippen LogP contribution >= 0.6 is 11.8 Å². The van der Waals surface area contributed by atoms with E-state index in [9.17, 15) is 14.4 Å². The van der Waals surface area contributed by atoms with Gasteiger partial charge in [-0.25, -0.2) is 0 Å². The number of hydrogen-bond donors (Lipinski definition) is 0. The number of thioether (sulfide) groups is 1. The number of carbonyl (C=O) groups is 3. The molecule has 0 aromatic heterocycles. The molecule has 138 valence electrons. The van der Waals surface area contributed by atoms with Gasteiger partial charge in [0, 0.05) is 0 Å². The highest BCUT2D eigenvalue weighted by Gasteiger charge is 2.36. The van der Waals surface area contributed by atoms with E-state index in [1.165, 1.54) is 0 Å². The number of nitrogens with zero attached hydrogens (tertiary/aromatic N) is 1. The first-order valence-electron chi connectivity index (χ1n) is 8.30. The zero-order chi connectivity index (χ0) is 18.9. The van der Waals surface area contributed by atoms with Crippen molar-refractivity contribution in [3.05, 3.63) is 47.4 Å². The van der Waals surface area contributed by atoms with Crippen molar-refractivity contribution in [2.75, 3.05) is 19.8 Å². The van der Waals surface area contributed by atoms with Gasteiger partial charge in [-0.15, -0.1) is 0 Å². The lowest BCUT2D eigenvalue weighted by Gasteiger charge is -2.11. The predicted octanol–water partition coefficient (Wildman–Crippen LogP) is 3.63. The highest BCUT2D eigenvalue weighted by Crippen LogP contribution is 2.32. The molecule has 2 rings (SSSR count). The van der Waals surface area contributed by atoms with Gasteiger partial charge in [0.2, 0.25) is 0 Å². The second-order valence-corrected chi connectivity index (χ2v) is 6.51. The maximum Gasteiger partial charge on any atom is 0.326 e. The number of hydrogen-bond acceptors (Lipinski definition) is 6. The summed E-state index contributed by atoms with van der Waals surface area (Å²) in [6.45, 7) is 5.87. The molecule has 0 saturated carbocycles. The van der Waals surface area contributed by atoms with Crippen LogP contribution in [0, 0.1) is 0 Å². The molecule has 1 aliphatic heterocycles. The van der Waals surface area contributed by atoms with Gasteiger partial charge in [-0.05, 0) is 42.0 Å². The third kappa shape index (κ3) is 5.49. The van der Waals surface area contributed by atoms with Crippen LogP contribution in [0.3, 0.4) is 0 Å². The van der Waals surface area contributed by atoms with Crippen LogP contribution in [0.4, 0.5) is 4.79 Å². The van der Waals surface area contributed by atoms with Gasteiger partial charge >= 0.3 is 5.97 Å². The largest absolute Gasteiger partial charge is 0.490 e. The lowest BCUT2D eigenvalue weighted by Crippen LogP contribution is -2.34. The molecular weight excluding hydrogens is 354 g/mol. The van der Waals surface area contributed by atoms with E-state index in [0.717, 1.165) is 35.1 Å². The van der Waals surface area contributed by atoms with Crippen LogP contribution < -0.4 is 4.74 Å². The number of rotatable bonds is 9. The number of ether oxygens (including phenoxy) is 2. The van der Waals surface area contributed by atoms with Crippen LogP contribution in [-0.2, 0) is 14.3 Å². The molecule has 1 saturated heterocycles. The fraction of sp³-hybridized carbons (Fsp3) is 0.316. The Balaban J connectivity index is 2.04.